The molecule has 2 N–H and O–H groups in total. The molecule has 2 amide bonds. The van der Waals surface area contributed by atoms with E-state index in [1.54, 1.807) is 42.6 Å². The van der Waals surface area contributed by atoms with Crippen molar-refractivity contribution in [1.29, 1.82) is 0 Å². The molecule has 154 valence electrons. The van der Waals surface area contributed by atoms with Gasteiger partial charge in [-0.05, 0) is 48.0 Å². The monoisotopic (exact) mass is 409 g/mol. The first-order valence-electron chi connectivity index (χ1n) is 9.18. The molecule has 0 aliphatic rings. The van der Waals surface area contributed by atoms with E-state index in [-0.39, 0.29) is 31.4 Å². The molecule has 0 saturated carbocycles. The van der Waals surface area contributed by atoms with Crippen LogP contribution >= 0.6 is 0 Å². The summed E-state index contributed by atoms with van der Waals surface area (Å²) in [5, 5.41) is 5.19. The summed E-state index contributed by atoms with van der Waals surface area (Å²) in [7, 11) is 0. The number of aromatic nitrogens is 1. The van der Waals surface area contributed by atoms with Crippen molar-refractivity contribution >= 4 is 11.8 Å². The predicted molar refractivity (Wildman–Crippen MR) is 108 cm³/mol. The second-order valence-electron chi connectivity index (χ2n) is 6.21. The molecule has 0 fully saturated rings. The van der Waals surface area contributed by atoms with Gasteiger partial charge in [0, 0.05) is 18.8 Å². The minimum Gasteiger partial charge on any atom is -0.484 e. The van der Waals surface area contributed by atoms with Crippen molar-refractivity contribution in [2.45, 2.75) is 6.54 Å². The molecule has 0 spiro atoms. The van der Waals surface area contributed by atoms with Crippen molar-refractivity contribution in [3.63, 3.8) is 0 Å². The molecular weight excluding hydrogens is 389 g/mol. The van der Waals surface area contributed by atoms with Gasteiger partial charge < -0.3 is 20.1 Å². The van der Waals surface area contributed by atoms with Gasteiger partial charge >= 0.3 is 0 Å². The zero-order valence-electron chi connectivity index (χ0n) is 16.0. The molecule has 1 aromatic heterocycles. The predicted octanol–water partition coefficient (Wildman–Crippen LogP) is 2.82. The number of pyridine rings is 1. The third-order valence-corrected chi connectivity index (χ3v) is 3.88. The van der Waals surface area contributed by atoms with Crippen molar-refractivity contribution in [3.8, 4) is 17.4 Å². The van der Waals surface area contributed by atoms with Gasteiger partial charge in [-0.25, -0.2) is 9.37 Å². The van der Waals surface area contributed by atoms with Gasteiger partial charge in [0.2, 0.25) is 11.8 Å². The Hall–Kier alpha value is -3.94. The standard InChI is InChI=1S/C22H20FN3O4/c23-17-6-8-19(9-7-17)30-22-12-16(10-11-24-22)13-25-20(27)14-26-21(28)15-29-18-4-2-1-3-5-18/h1-12H,13-15H2,(H,25,27)(H,26,28). The lowest BCUT2D eigenvalue weighted by atomic mass is 10.2. The van der Waals surface area contributed by atoms with E-state index in [4.69, 9.17) is 9.47 Å². The first-order chi connectivity index (χ1) is 14.6. The number of hydrogen-bond acceptors (Lipinski definition) is 5. The highest BCUT2D eigenvalue weighted by atomic mass is 19.1. The lowest BCUT2D eigenvalue weighted by molar-refractivity contribution is -0.127. The minimum absolute atomic E-state index is 0.166. The Morgan fingerprint density at radius 3 is 2.43 bits per heavy atom. The van der Waals surface area contributed by atoms with Crippen LogP contribution in [0.25, 0.3) is 0 Å². The van der Waals surface area contributed by atoms with Gasteiger partial charge in [0.25, 0.3) is 5.91 Å². The second kappa shape index (κ2) is 10.6. The molecule has 2 aromatic carbocycles. The lowest BCUT2D eigenvalue weighted by Crippen LogP contribution is -2.38. The summed E-state index contributed by atoms with van der Waals surface area (Å²) in [4.78, 5) is 27.8. The molecule has 30 heavy (non-hydrogen) atoms. The van der Waals surface area contributed by atoms with Gasteiger partial charge in [-0.2, -0.15) is 0 Å². The number of hydrogen-bond donors (Lipinski definition) is 2. The smallest absolute Gasteiger partial charge is 0.258 e. The van der Waals surface area contributed by atoms with Crippen LogP contribution in [-0.2, 0) is 16.1 Å². The van der Waals surface area contributed by atoms with Gasteiger partial charge in [0.05, 0.1) is 6.54 Å². The third kappa shape index (κ3) is 6.90. The molecule has 3 aromatic rings. The Balaban J connectivity index is 1.40. The number of carbonyl (C=O) groups excluding carboxylic acids is 2. The van der Waals surface area contributed by atoms with Crippen LogP contribution in [0.4, 0.5) is 4.39 Å². The largest absolute Gasteiger partial charge is 0.484 e. The molecule has 1 heterocycles. The average Bonchev–Trinajstić information content (AvgIpc) is 2.77. The fourth-order valence-electron chi connectivity index (χ4n) is 2.40. The fourth-order valence-corrected chi connectivity index (χ4v) is 2.40. The van der Waals surface area contributed by atoms with Gasteiger partial charge in [-0.3, -0.25) is 9.59 Å². The second-order valence-corrected chi connectivity index (χ2v) is 6.21. The molecule has 8 heteroatoms. The van der Waals surface area contributed by atoms with Crippen LogP contribution in [0.15, 0.2) is 72.9 Å². The quantitative estimate of drug-likeness (QED) is 0.567. The summed E-state index contributed by atoms with van der Waals surface area (Å²) in [6.45, 7) is -0.107. The summed E-state index contributed by atoms with van der Waals surface area (Å²) < 4.78 is 23.8. The third-order valence-electron chi connectivity index (χ3n) is 3.88. The molecule has 0 bridgehead atoms. The van der Waals surface area contributed by atoms with Crippen LogP contribution in [-0.4, -0.2) is 29.9 Å². The normalized spacial score (nSPS) is 10.2. The van der Waals surface area contributed by atoms with E-state index in [1.165, 1.54) is 24.3 Å². The number of para-hydroxylation sites is 1. The number of halogens is 1. The first-order valence-corrected chi connectivity index (χ1v) is 9.18. The van der Waals surface area contributed by atoms with Crippen LogP contribution in [0.5, 0.6) is 17.4 Å². The number of amides is 2. The summed E-state index contributed by atoms with van der Waals surface area (Å²) in [5.41, 5.74) is 0.759. The van der Waals surface area contributed by atoms with E-state index in [1.807, 2.05) is 6.07 Å². The molecule has 3 rings (SSSR count). The Morgan fingerprint density at radius 1 is 0.900 bits per heavy atom. The van der Waals surface area contributed by atoms with Crippen molar-refractivity contribution in [3.05, 3.63) is 84.3 Å². The van der Waals surface area contributed by atoms with E-state index < -0.39 is 5.91 Å². The van der Waals surface area contributed by atoms with E-state index in [2.05, 4.69) is 15.6 Å². The van der Waals surface area contributed by atoms with E-state index in [0.29, 0.717) is 17.4 Å². The van der Waals surface area contributed by atoms with Crippen molar-refractivity contribution in [1.82, 2.24) is 15.6 Å². The molecule has 7 nitrogen and oxygen atoms in total. The number of rotatable bonds is 9. The Kier molecular flexibility index (Phi) is 7.32. The maximum Gasteiger partial charge on any atom is 0.258 e. The molecule has 0 atom stereocenters. The van der Waals surface area contributed by atoms with Crippen molar-refractivity contribution < 1.29 is 23.5 Å². The highest BCUT2D eigenvalue weighted by Gasteiger charge is 2.07. The summed E-state index contributed by atoms with van der Waals surface area (Å²) >= 11 is 0. The molecule has 0 aliphatic carbocycles. The van der Waals surface area contributed by atoms with Crippen molar-refractivity contribution in [2.24, 2.45) is 0 Å². The van der Waals surface area contributed by atoms with Crippen molar-refractivity contribution in [2.75, 3.05) is 13.2 Å². The molecule has 0 radical (unpaired) electrons. The van der Waals surface area contributed by atoms with Gasteiger partial charge in [0.15, 0.2) is 6.61 Å². The summed E-state index contributed by atoms with van der Waals surface area (Å²) in [5.74, 6) is 0.248. The maximum absolute atomic E-state index is 13.0. The number of benzene rings is 2. The summed E-state index contributed by atoms with van der Waals surface area (Å²) in [6, 6.07) is 17.9. The highest BCUT2D eigenvalue weighted by Crippen LogP contribution is 2.20. The molecule has 0 saturated heterocycles. The average molecular weight is 409 g/mol. The number of carbonyl (C=O) groups is 2. The van der Waals surface area contributed by atoms with E-state index in [9.17, 15) is 14.0 Å². The van der Waals surface area contributed by atoms with Crippen LogP contribution in [0, 0.1) is 5.82 Å². The number of nitrogens with zero attached hydrogens (tertiary/aromatic N) is 1. The Bertz CT molecular complexity index is 981. The minimum atomic E-state index is -0.395. The number of nitrogens with one attached hydrogen (secondary N) is 2. The van der Waals surface area contributed by atoms with Gasteiger partial charge in [-0.1, -0.05) is 18.2 Å². The van der Waals surface area contributed by atoms with Crippen LogP contribution < -0.4 is 20.1 Å². The van der Waals surface area contributed by atoms with Crippen LogP contribution in [0.2, 0.25) is 0 Å². The highest BCUT2D eigenvalue weighted by molar-refractivity contribution is 5.85. The van der Waals surface area contributed by atoms with E-state index >= 15 is 0 Å². The molecule has 0 unspecified atom stereocenters. The lowest BCUT2D eigenvalue weighted by Gasteiger charge is -2.09. The summed E-state index contributed by atoms with van der Waals surface area (Å²) in [6.07, 6.45) is 1.54. The van der Waals surface area contributed by atoms with Gasteiger partial charge in [-0.15, -0.1) is 0 Å². The SMILES string of the molecule is O=C(CNC(=O)COc1ccccc1)NCc1ccnc(Oc2ccc(F)cc2)c1. The number of ether oxygens (including phenoxy) is 2. The van der Waals surface area contributed by atoms with Crippen LogP contribution in [0.3, 0.4) is 0 Å². The van der Waals surface area contributed by atoms with E-state index in [0.717, 1.165) is 5.56 Å². The Labute approximate surface area is 172 Å². The fraction of sp³-hybridized carbons (Fsp3) is 0.136. The van der Waals surface area contributed by atoms with Crippen LogP contribution in [0.1, 0.15) is 5.56 Å². The zero-order chi connectivity index (χ0) is 21.2. The molecular formula is C22H20FN3O4. The van der Waals surface area contributed by atoms with Gasteiger partial charge in [0.1, 0.15) is 17.3 Å². The Morgan fingerprint density at radius 2 is 1.67 bits per heavy atom. The maximum atomic E-state index is 13.0. The topological polar surface area (TPSA) is 89.6 Å². The zero-order valence-corrected chi connectivity index (χ0v) is 16.0. The first kappa shape index (κ1) is 20.8. The molecule has 0 aliphatic heterocycles.